The Morgan fingerprint density at radius 1 is 1.00 bits per heavy atom. The zero-order chi connectivity index (χ0) is 10.4. The van der Waals surface area contributed by atoms with Crippen molar-refractivity contribution in [2.45, 2.75) is 11.1 Å². The summed E-state index contributed by atoms with van der Waals surface area (Å²) in [7, 11) is 0. The van der Waals surface area contributed by atoms with E-state index >= 15 is 0 Å². The molecule has 1 aliphatic carbocycles. The minimum Gasteiger partial charge on any atom is -0.214 e. The molecule has 0 aromatic heterocycles. The van der Waals surface area contributed by atoms with Gasteiger partial charge in [0.05, 0.1) is 0 Å². The van der Waals surface area contributed by atoms with E-state index in [-0.39, 0.29) is 5.57 Å². The van der Waals surface area contributed by atoms with E-state index in [2.05, 4.69) is 0 Å². The monoisotopic (exact) mass is 218 g/mol. The van der Waals surface area contributed by atoms with Crippen LogP contribution in [0.15, 0.2) is 36.4 Å². The molecule has 0 saturated heterocycles. The first kappa shape index (κ1) is 9.59. The fourth-order valence-electron chi connectivity index (χ4n) is 1.35. The number of halogens is 4. The van der Waals surface area contributed by atoms with Crippen molar-refractivity contribution in [1.82, 2.24) is 0 Å². The standard InChI is InChI=1S/C10H6ClF3/c11-10(14)8(6-9(10,12)13)7-4-2-1-3-5-7/h1-6H. The molecular weight excluding hydrogens is 213 g/mol. The van der Waals surface area contributed by atoms with Crippen LogP contribution in [0.5, 0.6) is 0 Å². The summed E-state index contributed by atoms with van der Waals surface area (Å²) in [5.74, 6) is -3.57. The number of alkyl halides is 4. The smallest absolute Gasteiger partial charge is 0.214 e. The molecule has 0 amide bonds. The first-order valence-corrected chi connectivity index (χ1v) is 4.37. The normalized spacial score (nSPS) is 29.3. The fourth-order valence-corrected chi connectivity index (χ4v) is 1.56. The highest BCUT2D eigenvalue weighted by Crippen LogP contribution is 2.55. The molecule has 1 atom stereocenters. The molecule has 0 saturated carbocycles. The van der Waals surface area contributed by atoms with E-state index in [0.717, 1.165) is 0 Å². The highest BCUT2D eigenvalue weighted by atomic mass is 35.5. The Kier molecular flexibility index (Phi) is 1.89. The molecule has 0 heterocycles. The van der Waals surface area contributed by atoms with E-state index < -0.39 is 11.1 Å². The highest BCUT2D eigenvalue weighted by molar-refractivity contribution is 6.32. The Hall–Kier alpha value is -0.960. The summed E-state index contributed by atoms with van der Waals surface area (Å²) in [6.07, 6.45) is 0.551. The number of benzene rings is 1. The Bertz CT molecular complexity index is 382. The highest BCUT2D eigenvalue weighted by Gasteiger charge is 2.63. The third-order valence-corrected chi connectivity index (χ3v) is 2.62. The predicted molar refractivity (Wildman–Crippen MR) is 49.1 cm³/mol. The van der Waals surface area contributed by atoms with E-state index in [9.17, 15) is 13.2 Å². The van der Waals surface area contributed by atoms with Crippen LogP contribution in [0.3, 0.4) is 0 Å². The summed E-state index contributed by atoms with van der Waals surface area (Å²) in [5, 5.41) is -3.06. The molecule has 0 spiro atoms. The van der Waals surface area contributed by atoms with E-state index in [1.54, 1.807) is 18.2 Å². The molecular formula is C10H6ClF3. The number of allylic oxidation sites excluding steroid dienone is 2. The number of rotatable bonds is 1. The van der Waals surface area contributed by atoms with Crippen LogP contribution in [0, 0.1) is 0 Å². The average molecular weight is 219 g/mol. The molecule has 1 aliphatic rings. The van der Waals surface area contributed by atoms with Crippen molar-refractivity contribution in [1.29, 1.82) is 0 Å². The fraction of sp³-hybridized carbons (Fsp3) is 0.200. The van der Waals surface area contributed by atoms with Crippen LogP contribution in [0.25, 0.3) is 5.57 Å². The maximum atomic E-state index is 13.3. The Morgan fingerprint density at radius 3 is 2.00 bits per heavy atom. The van der Waals surface area contributed by atoms with Crippen molar-refractivity contribution < 1.29 is 13.2 Å². The SMILES string of the molecule is FC1(F)C=C(c2ccccc2)C1(F)Cl. The van der Waals surface area contributed by atoms with Crippen molar-refractivity contribution in [2.24, 2.45) is 0 Å². The van der Waals surface area contributed by atoms with Gasteiger partial charge in [-0.2, -0.15) is 8.78 Å². The molecule has 2 rings (SSSR count). The van der Waals surface area contributed by atoms with Crippen LogP contribution in [0.4, 0.5) is 13.2 Å². The van der Waals surface area contributed by atoms with Gasteiger partial charge in [0.2, 0.25) is 0 Å². The largest absolute Gasteiger partial charge is 0.318 e. The summed E-state index contributed by atoms with van der Waals surface area (Å²) in [4.78, 5) is 0. The summed E-state index contributed by atoms with van der Waals surface area (Å²) >= 11 is 5.11. The third kappa shape index (κ3) is 1.16. The lowest BCUT2D eigenvalue weighted by molar-refractivity contribution is -0.0425. The lowest BCUT2D eigenvalue weighted by atomic mass is 9.86. The van der Waals surface area contributed by atoms with Crippen molar-refractivity contribution in [2.75, 3.05) is 0 Å². The lowest BCUT2D eigenvalue weighted by Crippen LogP contribution is -2.47. The summed E-state index contributed by atoms with van der Waals surface area (Å²) < 4.78 is 38.6. The van der Waals surface area contributed by atoms with Gasteiger partial charge in [0.1, 0.15) is 0 Å². The third-order valence-electron chi connectivity index (χ3n) is 2.17. The molecule has 14 heavy (non-hydrogen) atoms. The van der Waals surface area contributed by atoms with E-state index in [1.807, 2.05) is 0 Å². The molecule has 74 valence electrons. The van der Waals surface area contributed by atoms with Gasteiger partial charge in [-0.05, 0) is 11.6 Å². The van der Waals surface area contributed by atoms with Gasteiger partial charge < -0.3 is 0 Å². The van der Waals surface area contributed by atoms with E-state index in [1.165, 1.54) is 12.1 Å². The van der Waals surface area contributed by atoms with Crippen LogP contribution in [-0.2, 0) is 0 Å². The predicted octanol–water partition coefficient (Wildman–Crippen LogP) is 3.62. The number of hydrogen-bond donors (Lipinski definition) is 0. The van der Waals surface area contributed by atoms with E-state index in [0.29, 0.717) is 11.6 Å². The molecule has 1 aromatic rings. The summed E-state index contributed by atoms with van der Waals surface area (Å²) in [6.45, 7) is 0. The first-order valence-electron chi connectivity index (χ1n) is 3.99. The van der Waals surface area contributed by atoms with Gasteiger partial charge in [0.25, 0.3) is 5.13 Å². The maximum absolute atomic E-state index is 13.3. The zero-order valence-corrected chi connectivity index (χ0v) is 7.73. The van der Waals surface area contributed by atoms with Crippen LogP contribution < -0.4 is 0 Å². The van der Waals surface area contributed by atoms with Gasteiger partial charge in [-0.1, -0.05) is 41.9 Å². The van der Waals surface area contributed by atoms with Crippen LogP contribution >= 0.6 is 11.6 Å². The zero-order valence-electron chi connectivity index (χ0n) is 6.98. The number of hydrogen-bond acceptors (Lipinski definition) is 0. The van der Waals surface area contributed by atoms with Crippen molar-refractivity contribution in [3.8, 4) is 0 Å². The molecule has 0 bridgehead atoms. The van der Waals surface area contributed by atoms with Crippen LogP contribution in [0.1, 0.15) is 5.56 Å². The molecule has 0 fully saturated rings. The molecule has 0 aliphatic heterocycles. The van der Waals surface area contributed by atoms with Gasteiger partial charge in [0.15, 0.2) is 0 Å². The first-order chi connectivity index (χ1) is 6.45. The van der Waals surface area contributed by atoms with Crippen LogP contribution in [-0.4, -0.2) is 11.1 Å². The average Bonchev–Trinajstić information content (AvgIpc) is 2.16. The van der Waals surface area contributed by atoms with E-state index in [4.69, 9.17) is 11.6 Å². The van der Waals surface area contributed by atoms with Gasteiger partial charge >= 0.3 is 5.92 Å². The maximum Gasteiger partial charge on any atom is 0.318 e. The molecule has 1 unspecified atom stereocenters. The van der Waals surface area contributed by atoms with Gasteiger partial charge in [-0.3, -0.25) is 0 Å². The molecule has 0 nitrogen and oxygen atoms in total. The minimum atomic E-state index is -3.57. The van der Waals surface area contributed by atoms with Gasteiger partial charge in [0, 0.05) is 5.57 Å². The van der Waals surface area contributed by atoms with Gasteiger partial charge in [-0.15, -0.1) is 0 Å². The second kappa shape index (κ2) is 2.76. The minimum absolute atomic E-state index is 0.162. The van der Waals surface area contributed by atoms with Crippen molar-refractivity contribution >= 4 is 17.2 Å². The molecule has 1 aromatic carbocycles. The molecule has 4 heteroatoms. The Morgan fingerprint density at radius 2 is 1.57 bits per heavy atom. The van der Waals surface area contributed by atoms with Gasteiger partial charge in [-0.25, -0.2) is 4.39 Å². The van der Waals surface area contributed by atoms with Crippen molar-refractivity contribution in [3.05, 3.63) is 42.0 Å². The second-order valence-corrected chi connectivity index (χ2v) is 3.64. The summed E-state index contributed by atoms with van der Waals surface area (Å²) in [5.41, 5.74) is 0.223. The Labute approximate surface area is 84.0 Å². The quantitative estimate of drug-likeness (QED) is 0.632. The molecule has 0 N–H and O–H groups in total. The van der Waals surface area contributed by atoms with Crippen molar-refractivity contribution in [3.63, 3.8) is 0 Å². The topological polar surface area (TPSA) is 0 Å². The van der Waals surface area contributed by atoms with Crippen LogP contribution in [0.2, 0.25) is 0 Å². The molecule has 0 radical (unpaired) electrons. The summed E-state index contributed by atoms with van der Waals surface area (Å²) in [6, 6.07) is 8.07. The lowest BCUT2D eigenvalue weighted by Gasteiger charge is -2.36. The Balaban J connectivity index is 2.42. The second-order valence-electron chi connectivity index (χ2n) is 3.12.